The van der Waals surface area contributed by atoms with E-state index in [0.717, 1.165) is 6.92 Å². The van der Waals surface area contributed by atoms with E-state index in [0.29, 0.717) is 0 Å². The molecule has 118 valence electrons. The molecule has 0 aromatic heterocycles. The van der Waals surface area contributed by atoms with Gasteiger partial charge in [0.2, 0.25) is 0 Å². The van der Waals surface area contributed by atoms with Gasteiger partial charge < -0.3 is 25.5 Å². The van der Waals surface area contributed by atoms with Gasteiger partial charge >= 0.3 is 29.8 Å². The lowest BCUT2D eigenvalue weighted by Crippen LogP contribution is -2.40. The maximum absolute atomic E-state index is 11.0. The summed E-state index contributed by atoms with van der Waals surface area (Å²) in [7, 11) is 0. The molecule has 0 aliphatic rings. The normalized spacial score (nSPS) is 15.0. The van der Waals surface area contributed by atoms with E-state index in [2.05, 4.69) is 0 Å². The summed E-state index contributed by atoms with van der Waals surface area (Å²) in [5.41, 5.74) is 0. The molecule has 0 radical (unpaired) electrons. The van der Waals surface area contributed by atoms with E-state index in [1.54, 1.807) is 0 Å². The van der Waals surface area contributed by atoms with Crippen LogP contribution in [0.2, 0.25) is 0 Å². The van der Waals surface area contributed by atoms with Crippen molar-refractivity contribution in [2.75, 3.05) is 0 Å². The lowest BCUT2D eigenvalue weighted by Gasteiger charge is -2.22. The Balaban J connectivity index is 5.53. The third-order valence-electron chi connectivity index (χ3n) is 3.07. The molecule has 0 aromatic carbocycles. The van der Waals surface area contributed by atoms with Crippen molar-refractivity contribution >= 4 is 29.8 Å². The van der Waals surface area contributed by atoms with Crippen molar-refractivity contribution in [3.05, 3.63) is 0 Å². The van der Waals surface area contributed by atoms with Crippen molar-refractivity contribution < 1.29 is 49.5 Å². The van der Waals surface area contributed by atoms with Gasteiger partial charge in [-0.3, -0.25) is 24.0 Å². The molecule has 0 rings (SSSR count). The van der Waals surface area contributed by atoms with E-state index in [1.165, 1.54) is 0 Å². The average Bonchev–Trinajstić information content (AvgIpc) is 2.31. The highest BCUT2D eigenvalue weighted by Gasteiger charge is 2.44. The van der Waals surface area contributed by atoms with Crippen LogP contribution in [0, 0.1) is 23.7 Å². The molecule has 0 fully saturated rings. The Kier molecular flexibility index (Phi) is 6.31. The first kappa shape index (κ1) is 18.4. The van der Waals surface area contributed by atoms with Gasteiger partial charge in [-0.05, 0) is 6.42 Å². The first-order valence-corrected chi connectivity index (χ1v) is 5.64. The van der Waals surface area contributed by atoms with Crippen molar-refractivity contribution in [3.8, 4) is 0 Å². The van der Waals surface area contributed by atoms with Crippen LogP contribution in [0.25, 0.3) is 0 Å². The van der Waals surface area contributed by atoms with Crippen molar-refractivity contribution in [1.29, 1.82) is 0 Å². The summed E-state index contributed by atoms with van der Waals surface area (Å²) in [6, 6.07) is 0. The lowest BCUT2D eigenvalue weighted by atomic mass is 9.79. The molecule has 3 atom stereocenters. The average molecular weight is 306 g/mol. The fourth-order valence-electron chi connectivity index (χ4n) is 1.79. The van der Waals surface area contributed by atoms with E-state index in [4.69, 9.17) is 25.5 Å². The van der Waals surface area contributed by atoms with Crippen LogP contribution in [0.3, 0.4) is 0 Å². The first-order valence-electron chi connectivity index (χ1n) is 5.64. The summed E-state index contributed by atoms with van der Waals surface area (Å²) in [5.74, 6) is -16.6. The lowest BCUT2D eigenvalue weighted by molar-refractivity contribution is -0.167. The summed E-state index contributed by atoms with van der Waals surface area (Å²) < 4.78 is 0. The zero-order valence-corrected chi connectivity index (χ0v) is 10.8. The highest BCUT2D eigenvalue weighted by Crippen LogP contribution is 2.27. The van der Waals surface area contributed by atoms with Gasteiger partial charge in [-0.1, -0.05) is 6.92 Å². The first-order chi connectivity index (χ1) is 9.50. The molecule has 0 heterocycles. The summed E-state index contributed by atoms with van der Waals surface area (Å²) in [6.45, 7) is 1.01. The topological polar surface area (TPSA) is 186 Å². The second-order valence-electron chi connectivity index (χ2n) is 4.41. The monoisotopic (exact) mass is 306 g/mol. The molecule has 0 aliphatic carbocycles. The van der Waals surface area contributed by atoms with Gasteiger partial charge in [0.25, 0.3) is 0 Å². The van der Waals surface area contributed by atoms with Crippen molar-refractivity contribution in [1.82, 2.24) is 0 Å². The van der Waals surface area contributed by atoms with Crippen molar-refractivity contribution in [3.63, 3.8) is 0 Å². The molecule has 0 saturated heterocycles. The zero-order valence-electron chi connectivity index (χ0n) is 10.8. The number of hydrogen-bond acceptors (Lipinski definition) is 5. The Bertz CT molecular complexity index is 454. The van der Waals surface area contributed by atoms with Crippen LogP contribution in [-0.4, -0.2) is 55.4 Å². The van der Waals surface area contributed by atoms with E-state index < -0.39 is 59.9 Å². The minimum Gasteiger partial charge on any atom is -0.481 e. The quantitative estimate of drug-likeness (QED) is 0.340. The molecule has 0 aromatic rings. The molecule has 0 spiro atoms. The molecule has 0 amide bonds. The number of rotatable bonds is 9. The second-order valence-corrected chi connectivity index (χ2v) is 4.41. The number of carboxylic acid groups (broad SMARTS) is 5. The molecule has 0 bridgehead atoms. The molecule has 3 unspecified atom stereocenters. The minimum atomic E-state index is -2.37. The summed E-state index contributed by atoms with van der Waals surface area (Å²) in [4.78, 5) is 54.5. The van der Waals surface area contributed by atoms with Crippen LogP contribution in [0.5, 0.6) is 0 Å². The zero-order chi connectivity index (χ0) is 16.9. The van der Waals surface area contributed by atoms with E-state index in [-0.39, 0.29) is 0 Å². The van der Waals surface area contributed by atoms with Crippen LogP contribution < -0.4 is 0 Å². The molecule has 10 heteroatoms. The fraction of sp³-hybridized carbons (Fsp3) is 0.545. The van der Waals surface area contributed by atoms with Gasteiger partial charge in [0.1, 0.15) is 0 Å². The van der Waals surface area contributed by atoms with Crippen molar-refractivity contribution in [2.24, 2.45) is 23.7 Å². The number of aliphatic carboxylic acids is 5. The predicted molar refractivity (Wildman–Crippen MR) is 62.4 cm³/mol. The van der Waals surface area contributed by atoms with Gasteiger partial charge in [0.05, 0.1) is 17.8 Å². The SMILES string of the molecule is CC(C(=O)O)C(CC(C(=O)O)C(C(=O)O)C(=O)O)C(=O)O. The Hall–Kier alpha value is -2.65. The third kappa shape index (κ3) is 4.75. The smallest absolute Gasteiger partial charge is 0.318 e. The molecular formula is C11H14O10. The van der Waals surface area contributed by atoms with Crippen LogP contribution in [-0.2, 0) is 24.0 Å². The second kappa shape index (κ2) is 7.22. The Morgan fingerprint density at radius 3 is 1.29 bits per heavy atom. The van der Waals surface area contributed by atoms with Crippen LogP contribution >= 0.6 is 0 Å². The van der Waals surface area contributed by atoms with Gasteiger partial charge in [-0.25, -0.2) is 0 Å². The molecule has 0 aliphatic heterocycles. The summed E-state index contributed by atoms with van der Waals surface area (Å²) >= 11 is 0. The third-order valence-corrected chi connectivity index (χ3v) is 3.07. The van der Waals surface area contributed by atoms with Gasteiger partial charge in [-0.15, -0.1) is 0 Å². The van der Waals surface area contributed by atoms with E-state index >= 15 is 0 Å². The molecular weight excluding hydrogens is 292 g/mol. The maximum Gasteiger partial charge on any atom is 0.318 e. The standard InChI is InChI=1S/C11H14O10/c1-3(7(12)13)4(8(14)15)2-5(9(16)17)6(10(18)19)11(20)21/h3-6H,2H2,1H3,(H,12,13)(H,14,15)(H,16,17)(H,18,19)(H,20,21). The summed E-state index contributed by atoms with van der Waals surface area (Å²) in [6.07, 6.45) is -0.929. The highest BCUT2D eigenvalue weighted by atomic mass is 16.4. The van der Waals surface area contributed by atoms with E-state index in [9.17, 15) is 24.0 Å². The maximum atomic E-state index is 11.0. The number of carboxylic acids is 5. The van der Waals surface area contributed by atoms with Crippen LogP contribution in [0.4, 0.5) is 0 Å². The van der Waals surface area contributed by atoms with E-state index in [1.807, 2.05) is 0 Å². The Morgan fingerprint density at radius 2 is 1.05 bits per heavy atom. The van der Waals surface area contributed by atoms with Crippen LogP contribution in [0.15, 0.2) is 0 Å². The van der Waals surface area contributed by atoms with Crippen LogP contribution in [0.1, 0.15) is 13.3 Å². The minimum absolute atomic E-state index is 0.929. The molecule has 5 N–H and O–H groups in total. The van der Waals surface area contributed by atoms with Gasteiger partial charge in [0, 0.05) is 0 Å². The molecule has 21 heavy (non-hydrogen) atoms. The fourth-order valence-corrected chi connectivity index (χ4v) is 1.79. The Labute approximate surface area is 117 Å². The predicted octanol–water partition coefficient (Wildman–Crippen LogP) is -0.716. The summed E-state index contributed by atoms with van der Waals surface area (Å²) in [5, 5.41) is 44.1. The highest BCUT2D eigenvalue weighted by molar-refractivity contribution is 5.97. The molecule has 0 saturated carbocycles. The number of carbonyl (C=O) groups is 5. The largest absolute Gasteiger partial charge is 0.481 e. The Morgan fingerprint density at radius 1 is 0.667 bits per heavy atom. The van der Waals surface area contributed by atoms with Crippen molar-refractivity contribution in [2.45, 2.75) is 13.3 Å². The van der Waals surface area contributed by atoms with Gasteiger partial charge in [0.15, 0.2) is 5.92 Å². The van der Waals surface area contributed by atoms with Gasteiger partial charge in [-0.2, -0.15) is 0 Å². The molecule has 10 nitrogen and oxygen atoms in total. The number of hydrogen-bond donors (Lipinski definition) is 5.